The van der Waals surface area contributed by atoms with Crippen LogP contribution in [0.15, 0.2) is 6.07 Å². The van der Waals surface area contributed by atoms with Crippen molar-refractivity contribution in [3.05, 3.63) is 21.9 Å². The lowest BCUT2D eigenvalue weighted by molar-refractivity contribution is -0.143. The molecular formula is C11H12Cl2N2O3. The molecule has 18 heavy (non-hydrogen) atoms. The van der Waals surface area contributed by atoms with Gasteiger partial charge in [0.1, 0.15) is 10.8 Å². The minimum absolute atomic E-state index is 0.215. The highest BCUT2D eigenvalue weighted by Crippen LogP contribution is 2.24. The molecule has 0 spiro atoms. The van der Waals surface area contributed by atoms with Crippen LogP contribution in [-0.2, 0) is 4.79 Å². The Balaban J connectivity index is 2.11. The highest BCUT2D eigenvalue weighted by molar-refractivity contribution is 6.41. The number of carboxylic acid groups (broad SMARTS) is 1. The molecule has 0 bridgehead atoms. The third kappa shape index (κ3) is 2.62. The summed E-state index contributed by atoms with van der Waals surface area (Å²) >= 11 is 11.5. The smallest absolute Gasteiger partial charge is 0.308 e. The molecule has 2 N–H and O–H groups in total. The second-order valence-electron chi connectivity index (χ2n) is 4.27. The predicted molar refractivity (Wildman–Crippen MR) is 67.1 cm³/mol. The van der Waals surface area contributed by atoms with Crippen molar-refractivity contribution in [2.45, 2.75) is 12.8 Å². The number of carbonyl (C=O) groups excluding carboxylic acids is 1. The number of piperidine rings is 1. The van der Waals surface area contributed by atoms with E-state index in [-0.39, 0.29) is 28.3 Å². The largest absolute Gasteiger partial charge is 0.481 e. The number of nitrogens with zero attached hydrogens (tertiary/aromatic N) is 1. The molecule has 1 aliphatic rings. The lowest BCUT2D eigenvalue weighted by Gasteiger charge is -2.30. The van der Waals surface area contributed by atoms with E-state index in [0.29, 0.717) is 19.4 Å². The number of likely N-dealkylation sites (tertiary alicyclic amines) is 1. The number of H-pyrrole nitrogens is 1. The number of hydrogen-bond donors (Lipinski definition) is 2. The Kier molecular flexibility index (Phi) is 3.82. The summed E-state index contributed by atoms with van der Waals surface area (Å²) in [4.78, 5) is 27.2. The van der Waals surface area contributed by atoms with Crippen molar-refractivity contribution in [2.24, 2.45) is 5.92 Å². The van der Waals surface area contributed by atoms with Crippen molar-refractivity contribution in [2.75, 3.05) is 13.1 Å². The monoisotopic (exact) mass is 290 g/mol. The molecule has 1 aliphatic heterocycles. The zero-order valence-electron chi connectivity index (χ0n) is 9.45. The number of rotatable bonds is 2. The van der Waals surface area contributed by atoms with Crippen molar-refractivity contribution in [1.29, 1.82) is 0 Å². The van der Waals surface area contributed by atoms with Crippen LogP contribution in [-0.4, -0.2) is 40.0 Å². The van der Waals surface area contributed by atoms with Crippen molar-refractivity contribution in [3.8, 4) is 0 Å². The topological polar surface area (TPSA) is 73.4 Å². The molecule has 1 aromatic rings. The zero-order chi connectivity index (χ0) is 13.3. The number of halogens is 2. The lowest BCUT2D eigenvalue weighted by Crippen LogP contribution is -2.42. The Labute approximate surface area is 114 Å². The third-order valence-electron chi connectivity index (χ3n) is 3.01. The fraction of sp³-hybridized carbons (Fsp3) is 0.455. The molecule has 2 rings (SSSR count). The van der Waals surface area contributed by atoms with E-state index >= 15 is 0 Å². The summed E-state index contributed by atoms with van der Waals surface area (Å²) in [5, 5.41) is 9.47. The molecule has 2 heterocycles. The van der Waals surface area contributed by atoms with Gasteiger partial charge in [-0.2, -0.15) is 0 Å². The maximum absolute atomic E-state index is 12.1. The van der Waals surface area contributed by atoms with E-state index in [1.165, 1.54) is 11.0 Å². The Morgan fingerprint density at radius 1 is 1.44 bits per heavy atom. The Morgan fingerprint density at radius 3 is 2.72 bits per heavy atom. The van der Waals surface area contributed by atoms with Gasteiger partial charge in [0.05, 0.1) is 10.9 Å². The lowest BCUT2D eigenvalue weighted by atomic mass is 9.98. The summed E-state index contributed by atoms with van der Waals surface area (Å²) in [6.07, 6.45) is 1.29. The van der Waals surface area contributed by atoms with Gasteiger partial charge in [0.15, 0.2) is 0 Å². The number of hydrogen-bond acceptors (Lipinski definition) is 2. The van der Waals surface area contributed by atoms with E-state index in [9.17, 15) is 9.59 Å². The second-order valence-corrected chi connectivity index (χ2v) is 5.06. The van der Waals surface area contributed by atoms with Crippen molar-refractivity contribution in [3.63, 3.8) is 0 Å². The fourth-order valence-corrected chi connectivity index (χ4v) is 2.37. The molecule has 0 aliphatic carbocycles. The molecule has 1 atom stereocenters. The number of carboxylic acids is 1. The number of amides is 1. The number of nitrogens with one attached hydrogen (secondary N) is 1. The first-order valence-electron chi connectivity index (χ1n) is 5.55. The van der Waals surface area contributed by atoms with E-state index in [2.05, 4.69) is 4.98 Å². The summed E-state index contributed by atoms with van der Waals surface area (Å²) in [5.74, 6) is -1.63. The maximum atomic E-state index is 12.1. The number of aromatic amines is 1. The van der Waals surface area contributed by atoms with Crippen LogP contribution in [0.2, 0.25) is 10.2 Å². The molecular weight excluding hydrogens is 279 g/mol. The Hall–Kier alpha value is -1.20. The third-order valence-corrected chi connectivity index (χ3v) is 3.71. The molecule has 1 aromatic heterocycles. The van der Waals surface area contributed by atoms with E-state index in [0.717, 1.165) is 0 Å². The first kappa shape index (κ1) is 13.2. The van der Waals surface area contributed by atoms with Gasteiger partial charge in [-0.3, -0.25) is 9.59 Å². The quantitative estimate of drug-likeness (QED) is 0.877. The van der Waals surface area contributed by atoms with Gasteiger partial charge in [0.25, 0.3) is 5.91 Å². The van der Waals surface area contributed by atoms with E-state index in [4.69, 9.17) is 28.3 Å². The minimum atomic E-state index is -0.866. The van der Waals surface area contributed by atoms with Crippen LogP contribution in [0.25, 0.3) is 0 Å². The Bertz CT molecular complexity index is 467. The standard InChI is InChI=1S/C11H12Cl2N2O3/c12-7-4-8(14-9(7)13)10(16)15-3-1-2-6(5-15)11(17)18/h4,6,14H,1-3,5H2,(H,17,18)/t6-/m1/s1. The average Bonchev–Trinajstić information content (AvgIpc) is 2.69. The first-order valence-corrected chi connectivity index (χ1v) is 6.30. The summed E-state index contributed by atoms with van der Waals surface area (Å²) in [6.45, 7) is 0.777. The summed E-state index contributed by atoms with van der Waals surface area (Å²) in [7, 11) is 0. The number of aromatic nitrogens is 1. The molecule has 1 amide bonds. The number of aliphatic carboxylic acids is 1. The van der Waals surface area contributed by atoms with Crippen LogP contribution in [0, 0.1) is 5.92 Å². The molecule has 0 aromatic carbocycles. The van der Waals surface area contributed by atoms with Crippen molar-refractivity contribution < 1.29 is 14.7 Å². The van der Waals surface area contributed by atoms with Crippen LogP contribution in [0.5, 0.6) is 0 Å². The molecule has 7 heteroatoms. The summed E-state index contributed by atoms with van der Waals surface area (Å²) in [5.41, 5.74) is 0.288. The van der Waals surface area contributed by atoms with Crippen LogP contribution in [0.1, 0.15) is 23.3 Å². The fourth-order valence-electron chi connectivity index (χ4n) is 2.05. The highest BCUT2D eigenvalue weighted by Gasteiger charge is 2.29. The van der Waals surface area contributed by atoms with Crippen LogP contribution in [0.4, 0.5) is 0 Å². The van der Waals surface area contributed by atoms with E-state index < -0.39 is 11.9 Å². The maximum Gasteiger partial charge on any atom is 0.308 e. The van der Waals surface area contributed by atoms with Gasteiger partial charge in [-0.1, -0.05) is 23.2 Å². The number of carbonyl (C=O) groups is 2. The molecule has 0 radical (unpaired) electrons. The minimum Gasteiger partial charge on any atom is -0.481 e. The summed E-state index contributed by atoms with van der Waals surface area (Å²) < 4.78 is 0. The SMILES string of the molecule is O=C(O)[C@@H]1CCCN(C(=O)c2cc(Cl)c(Cl)[nH]2)C1. The highest BCUT2D eigenvalue weighted by atomic mass is 35.5. The predicted octanol–water partition coefficient (Wildman–Crippen LogP) is 2.26. The normalized spacial score (nSPS) is 19.9. The van der Waals surface area contributed by atoms with Crippen molar-refractivity contribution in [1.82, 2.24) is 9.88 Å². The van der Waals surface area contributed by atoms with Gasteiger partial charge in [0.2, 0.25) is 0 Å². The van der Waals surface area contributed by atoms with Gasteiger partial charge in [0, 0.05) is 13.1 Å². The van der Waals surface area contributed by atoms with Gasteiger partial charge >= 0.3 is 5.97 Å². The molecule has 1 fully saturated rings. The molecule has 0 saturated carbocycles. The first-order chi connectivity index (χ1) is 8.49. The van der Waals surface area contributed by atoms with Crippen molar-refractivity contribution >= 4 is 35.1 Å². The van der Waals surface area contributed by atoms with Crippen LogP contribution < -0.4 is 0 Å². The van der Waals surface area contributed by atoms with Gasteiger partial charge in [-0.05, 0) is 18.9 Å². The van der Waals surface area contributed by atoms with Crippen LogP contribution >= 0.6 is 23.2 Å². The molecule has 0 unspecified atom stereocenters. The van der Waals surface area contributed by atoms with Gasteiger partial charge in [-0.15, -0.1) is 0 Å². The van der Waals surface area contributed by atoms with E-state index in [1.54, 1.807) is 0 Å². The Morgan fingerprint density at radius 2 is 2.17 bits per heavy atom. The van der Waals surface area contributed by atoms with Gasteiger partial charge in [-0.25, -0.2) is 0 Å². The molecule has 98 valence electrons. The molecule has 1 saturated heterocycles. The molecule has 5 nitrogen and oxygen atoms in total. The zero-order valence-corrected chi connectivity index (χ0v) is 11.0. The van der Waals surface area contributed by atoms with E-state index in [1.807, 2.05) is 0 Å². The summed E-state index contributed by atoms with van der Waals surface area (Å²) in [6, 6.07) is 1.45. The average molecular weight is 291 g/mol. The van der Waals surface area contributed by atoms with Crippen LogP contribution in [0.3, 0.4) is 0 Å². The van der Waals surface area contributed by atoms with Gasteiger partial charge < -0.3 is 15.0 Å². The second kappa shape index (κ2) is 5.20.